The molecule has 0 aliphatic heterocycles. The number of aliphatic carboxylic acids is 3. The number of hydrogen-bond acceptors (Lipinski definition) is 8. The van der Waals surface area contributed by atoms with E-state index in [1.807, 2.05) is 0 Å². The number of carboxylic acid groups (broad SMARTS) is 3. The number of halogens is 1. The van der Waals surface area contributed by atoms with E-state index >= 15 is 0 Å². The average Bonchev–Trinajstić information content (AvgIpc) is 2.71. The van der Waals surface area contributed by atoms with Crippen molar-refractivity contribution in [2.75, 3.05) is 13.5 Å². The second kappa shape index (κ2) is 15.5. The summed E-state index contributed by atoms with van der Waals surface area (Å²) < 4.78 is 16.8. The van der Waals surface area contributed by atoms with E-state index in [1.165, 1.54) is 0 Å². The number of carbonyl (C=O) groups excluding carboxylic acids is 3. The van der Waals surface area contributed by atoms with E-state index in [0.717, 1.165) is 0 Å². The molecule has 0 unspecified atom stereocenters. The van der Waals surface area contributed by atoms with Gasteiger partial charge in [-0.25, -0.2) is 4.39 Å². The topological polar surface area (TPSA) is 234 Å². The molecule has 4 atom stereocenters. The number of carboxylic acids is 3. The minimum Gasteiger partial charge on any atom is -0.481 e. The number of hydrogen-bond donors (Lipinski definition) is 7. The highest BCUT2D eigenvalue weighted by Crippen LogP contribution is 2.07. The molecule has 0 fully saturated rings. The van der Waals surface area contributed by atoms with Crippen molar-refractivity contribution in [2.45, 2.75) is 63.7 Å². The van der Waals surface area contributed by atoms with Crippen molar-refractivity contribution >= 4 is 35.6 Å². The minimum absolute atomic E-state index is 0.384. The van der Waals surface area contributed by atoms with E-state index in [0.29, 0.717) is 0 Å². The van der Waals surface area contributed by atoms with Crippen LogP contribution in [0.3, 0.4) is 0 Å². The van der Waals surface area contributed by atoms with E-state index in [2.05, 4.69) is 20.7 Å². The third kappa shape index (κ3) is 12.6. The SMILES string of the molecule is CC(C)[C@H](NC(=O)[C@H](CCC(=O)O)NC(=O)[C@@H](N)CC(=O)O)C(=O)N[C@H](COCF)CC(=O)O. The maximum atomic E-state index is 12.8. The monoisotopic (exact) mass is 494 g/mol. The van der Waals surface area contributed by atoms with Gasteiger partial charge < -0.3 is 41.7 Å². The van der Waals surface area contributed by atoms with E-state index in [-0.39, 0.29) is 6.42 Å². The van der Waals surface area contributed by atoms with E-state index < -0.39 is 98.4 Å². The highest BCUT2D eigenvalue weighted by molar-refractivity contribution is 5.94. The molecule has 34 heavy (non-hydrogen) atoms. The van der Waals surface area contributed by atoms with Crippen molar-refractivity contribution < 1.29 is 53.2 Å². The summed E-state index contributed by atoms with van der Waals surface area (Å²) in [6.45, 7) is 1.47. The fourth-order valence-electron chi connectivity index (χ4n) is 2.73. The molecule has 8 N–H and O–H groups in total. The standard InChI is InChI=1S/C19H31FN4O10/c1-9(2)16(19(33)22-10(5-14(27)28)7-34-8-20)24-18(32)12(3-4-13(25)26)23-17(31)11(21)6-15(29)30/h9-12,16H,3-8,21H2,1-2H3,(H,22,33)(H,23,31)(H,24,32)(H,25,26)(H,27,28)(H,29,30)/t10-,11-,12-,16-/m0/s1. The van der Waals surface area contributed by atoms with Crippen molar-refractivity contribution in [3.63, 3.8) is 0 Å². The van der Waals surface area contributed by atoms with Crippen LogP contribution in [-0.4, -0.2) is 88.6 Å². The maximum absolute atomic E-state index is 12.8. The lowest BCUT2D eigenvalue weighted by Crippen LogP contribution is -2.58. The first-order valence-corrected chi connectivity index (χ1v) is 10.2. The molecule has 0 aliphatic carbocycles. The van der Waals surface area contributed by atoms with Crippen LogP contribution in [0, 0.1) is 5.92 Å². The molecule has 0 aromatic heterocycles. The number of alkyl halides is 1. The predicted molar refractivity (Wildman–Crippen MR) is 112 cm³/mol. The van der Waals surface area contributed by atoms with Gasteiger partial charge in [0.1, 0.15) is 12.1 Å². The van der Waals surface area contributed by atoms with Crippen LogP contribution in [0.5, 0.6) is 0 Å². The quantitative estimate of drug-likeness (QED) is 0.119. The molecule has 0 radical (unpaired) electrons. The fourth-order valence-corrected chi connectivity index (χ4v) is 2.73. The van der Waals surface area contributed by atoms with Gasteiger partial charge in [0.2, 0.25) is 17.7 Å². The van der Waals surface area contributed by atoms with Crippen LogP contribution in [0.15, 0.2) is 0 Å². The van der Waals surface area contributed by atoms with Gasteiger partial charge in [0, 0.05) is 6.42 Å². The summed E-state index contributed by atoms with van der Waals surface area (Å²) in [5, 5.41) is 33.5. The van der Waals surface area contributed by atoms with E-state index in [9.17, 15) is 33.2 Å². The number of rotatable bonds is 17. The van der Waals surface area contributed by atoms with Gasteiger partial charge in [-0.05, 0) is 12.3 Å². The molecule has 0 aromatic rings. The van der Waals surface area contributed by atoms with Gasteiger partial charge in [0.15, 0.2) is 6.86 Å². The summed E-state index contributed by atoms with van der Waals surface area (Å²) in [5.74, 6) is -7.23. The van der Waals surface area contributed by atoms with Gasteiger partial charge >= 0.3 is 17.9 Å². The minimum atomic E-state index is -1.51. The predicted octanol–water partition coefficient (Wildman–Crippen LogP) is -1.82. The Morgan fingerprint density at radius 2 is 1.44 bits per heavy atom. The molecule has 0 bridgehead atoms. The summed E-state index contributed by atoms with van der Waals surface area (Å²) in [5.41, 5.74) is 5.46. The second-order valence-corrected chi connectivity index (χ2v) is 7.71. The van der Waals surface area contributed by atoms with Gasteiger partial charge in [0.05, 0.1) is 31.5 Å². The zero-order valence-electron chi connectivity index (χ0n) is 18.8. The maximum Gasteiger partial charge on any atom is 0.305 e. The molecule has 0 saturated heterocycles. The smallest absolute Gasteiger partial charge is 0.305 e. The van der Waals surface area contributed by atoms with E-state index in [1.54, 1.807) is 13.8 Å². The lowest BCUT2D eigenvalue weighted by molar-refractivity contribution is -0.141. The van der Waals surface area contributed by atoms with Gasteiger partial charge in [-0.2, -0.15) is 0 Å². The first-order valence-electron chi connectivity index (χ1n) is 10.2. The first-order chi connectivity index (χ1) is 15.8. The molecule has 0 heterocycles. The number of amides is 3. The highest BCUT2D eigenvalue weighted by Gasteiger charge is 2.31. The number of carbonyl (C=O) groups is 6. The first kappa shape index (κ1) is 30.7. The molecule has 0 rings (SSSR count). The molecule has 194 valence electrons. The Morgan fingerprint density at radius 3 is 1.91 bits per heavy atom. The Hall–Kier alpha value is -3.33. The molecule has 0 saturated carbocycles. The molecule has 15 heteroatoms. The third-order valence-corrected chi connectivity index (χ3v) is 4.42. The fraction of sp³-hybridized carbons (Fsp3) is 0.684. The van der Waals surface area contributed by atoms with Crippen LogP contribution in [0.4, 0.5) is 4.39 Å². The van der Waals surface area contributed by atoms with Gasteiger partial charge in [0.25, 0.3) is 0 Å². The zero-order chi connectivity index (χ0) is 26.4. The van der Waals surface area contributed by atoms with Gasteiger partial charge in [-0.3, -0.25) is 28.8 Å². The summed E-state index contributed by atoms with van der Waals surface area (Å²) in [7, 11) is 0. The Morgan fingerprint density at radius 1 is 0.853 bits per heavy atom. The largest absolute Gasteiger partial charge is 0.481 e. The Labute approximate surface area is 194 Å². The Kier molecular flexibility index (Phi) is 14.0. The van der Waals surface area contributed by atoms with Gasteiger partial charge in [-0.1, -0.05) is 13.8 Å². The van der Waals surface area contributed by atoms with Crippen LogP contribution in [0.1, 0.15) is 39.5 Å². The molecule has 14 nitrogen and oxygen atoms in total. The normalized spacial score (nSPS) is 14.4. The van der Waals surface area contributed by atoms with Crippen LogP contribution in [0.25, 0.3) is 0 Å². The molecular weight excluding hydrogens is 463 g/mol. The van der Waals surface area contributed by atoms with Crippen molar-refractivity contribution in [3.05, 3.63) is 0 Å². The van der Waals surface area contributed by atoms with Gasteiger partial charge in [-0.15, -0.1) is 0 Å². The summed E-state index contributed by atoms with van der Waals surface area (Å²) in [6.07, 6.45) is -2.23. The Balaban J connectivity index is 5.47. The van der Waals surface area contributed by atoms with Crippen molar-refractivity contribution in [3.8, 4) is 0 Å². The van der Waals surface area contributed by atoms with Crippen LogP contribution < -0.4 is 21.7 Å². The highest BCUT2D eigenvalue weighted by atomic mass is 19.1. The van der Waals surface area contributed by atoms with Crippen LogP contribution in [-0.2, 0) is 33.5 Å². The average molecular weight is 494 g/mol. The number of nitrogens with one attached hydrogen (secondary N) is 3. The summed E-state index contributed by atoms with van der Waals surface area (Å²) >= 11 is 0. The van der Waals surface area contributed by atoms with Crippen molar-refractivity contribution in [1.82, 2.24) is 16.0 Å². The molecule has 0 aliphatic rings. The lowest BCUT2D eigenvalue weighted by Gasteiger charge is -2.27. The summed E-state index contributed by atoms with van der Waals surface area (Å²) in [4.78, 5) is 70.2. The number of nitrogens with two attached hydrogens (primary N) is 1. The zero-order valence-corrected chi connectivity index (χ0v) is 18.8. The molecule has 3 amide bonds. The molecule has 0 spiro atoms. The third-order valence-electron chi connectivity index (χ3n) is 4.42. The Bertz CT molecular complexity index is 749. The van der Waals surface area contributed by atoms with Crippen molar-refractivity contribution in [1.29, 1.82) is 0 Å². The van der Waals surface area contributed by atoms with Crippen LogP contribution >= 0.6 is 0 Å². The number of ether oxygens (including phenoxy) is 1. The summed E-state index contributed by atoms with van der Waals surface area (Å²) in [6, 6.07) is -5.31. The molecule has 0 aromatic carbocycles. The van der Waals surface area contributed by atoms with Crippen LogP contribution in [0.2, 0.25) is 0 Å². The molecular formula is C19H31FN4O10. The van der Waals surface area contributed by atoms with E-state index in [4.69, 9.17) is 21.1 Å². The lowest BCUT2D eigenvalue weighted by atomic mass is 10.0. The second-order valence-electron chi connectivity index (χ2n) is 7.71. The van der Waals surface area contributed by atoms with Crippen molar-refractivity contribution in [2.24, 2.45) is 11.7 Å².